The summed E-state index contributed by atoms with van der Waals surface area (Å²) in [4.78, 5) is 0. The van der Waals surface area contributed by atoms with E-state index >= 15 is 0 Å². The Bertz CT molecular complexity index is 390. The lowest BCUT2D eigenvalue weighted by molar-refractivity contribution is 0.0552. The molecule has 0 spiro atoms. The van der Waals surface area contributed by atoms with Gasteiger partial charge in [-0.15, -0.1) is 0 Å². The van der Waals surface area contributed by atoms with Crippen molar-refractivity contribution in [1.82, 2.24) is 5.32 Å². The van der Waals surface area contributed by atoms with Crippen molar-refractivity contribution in [2.75, 3.05) is 20.3 Å². The Balaban J connectivity index is 1.88. The van der Waals surface area contributed by atoms with Crippen molar-refractivity contribution >= 4 is 0 Å². The molecule has 1 unspecified atom stereocenters. The lowest BCUT2D eigenvalue weighted by atomic mass is 10.1. The molecular formula is C15H23NO2. The molecule has 0 radical (unpaired) electrons. The molecule has 1 N–H and O–H groups in total. The molecule has 0 saturated carbocycles. The van der Waals surface area contributed by atoms with E-state index in [1.807, 2.05) is 20.9 Å². The molecule has 1 aliphatic rings. The van der Waals surface area contributed by atoms with Gasteiger partial charge in [0.15, 0.2) is 0 Å². The van der Waals surface area contributed by atoms with Crippen molar-refractivity contribution in [3.63, 3.8) is 0 Å². The van der Waals surface area contributed by atoms with Gasteiger partial charge in [0, 0.05) is 6.04 Å². The summed E-state index contributed by atoms with van der Waals surface area (Å²) in [6, 6.07) is 6.92. The van der Waals surface area contributed by atoms with Gasteiger partial charge in [-0.1, -0.05) is 6.07 Å². The quantitative estimate of drug-likeness (QED) is 0.786. The zero-order valence-corrected chi connectivity index (χ0v) is 11.5. The fourth-order valence-corrected chi connectivity index (χ4v) is 2.43. The summed E-state index contributed by atoms with van der Waals surface area (Å²) >= 11 is 0. The third-order valence-electron chi connectivity index (χ3n) is 3.34. The number of hydrogen-bond acceptors (Lipinski definition) is 3. The van der Waals surface area contributed by atoms with Crippen LogP contribution in [-0.4, -0.2) is 26.4 Å². The Morgan fingerprint density at radius 3 is 2.89 bits per heavy atom. The molecule has 18 heavy (non-hydrogen) atoms. The van der Waals surface area contributed by atoms with Gasteiger partial charge >= 0.3 is 0 Å². The first-order chi connectivity index (χ1) is 8.70. The number of benzene rings is 1. The molecule has 2 rings (SSSR count). The molecule has 3 heteroatoms. The van der Waals surface area contributed by atoms with Gasteiger partial charge in [0.1, 0.15) is 12.4 Å². The number of ether oxygens (including phenoxy) is 2. The van der Waals surface area contributed by atoms with Crippen LogP contribution in [0.15, 0.2) is 18.2 Å². The summed E-state index contributed by atoms with van der Waals surface area (Å²) in [5, 5.41) is 3.34. The van der Waals surface area contributed by atoms with Crippen LogP contribution in [0.1, 0.15) is 37.4 Å². The van der Waals surface area contributed by atoms with Gasteiger partial charge in [-0.05, 0) is 57.0 Å². The average Bonchev–Trinajstić information content (AvgIpc) is 2.76. The summed E-state index contributed by atoms with van der Waals surface area (Å²) in [6.07, 6.45) is 2.59. The van der Waals surface area contributed by atoms with Crippen molar-refractivity contribution in [3.8, 4) is 5.75 Å². The first-order valence-electron chi connectivity index (χ1n) is 6.75. The number of hydrogen-bond donors (Lipinski definition) is 1. The van der Waals surface area contributed by atoms with Crippen molar-refractivity contribution < 1.29 is 9.47 Å². The van der Waals surface area contributed by atoms with Gasteiger partial charge in [-0.2, -0.15) is 0 Å². The van der Waals surface area contributed by atoms with E-state index in [-0.39, 0.29) is 6.10 Å². The largest absolute Gasteiger partial charge is 0.491 e. The molecular weight excluding hydrogens is 226 g/mol. The highest BCUT2D eigenvalue weighted by molar-refractivity contribution is 5.40. The molecule has 1 aromatic rings. The second-order valence-electron chi connectivity index (χ2n) is 5.01. The molecule has 0 amide bonds. The summed E-state index contributed by atoms with van der Waals surface area (Å²) in [6.45, 7) is 5.33. The van der Waals surface area contributed by atoms with E-state index in [1.165, 1.54) is 17.5 Å². The van der Waals surface area contributed by atoms with Crippen LogP contribution in [-0.2, 0) is 11.2 Å². The van der Waals surface area contributed by atoms with Crippen molar-refractivity contribution in [1.29, 1.82) is 0 Å². The summed E-state index contributed by atoms with van der Waals surface area (Å²) < 4.78 is 11.2. The normalized spacial score (nSPS) is 18.1. The van der Waals surface area contributed by atoms with Crippen molar-refractivity contribution in [2.45, 2.75) is 38.8 Å². The molecule has 0 saturated heterocycles. The maximum Gasteiger partial charge on any atom is 0.119 e. The maximum atomic E-state index is 5.71. The molecule has 1 aromatic carbocycles. The summed E-state index contributed by atoms with van der Waals surface area (Å²) in [5.74, 6) is 0.956. The third-order valence-corrected chi connectivity index (χ3v) is 3.34. The van der Waals surface area contributed by atoms with Crippen LogP contribution < -0.4 is 10.1 Å². The van der Waals surface area contributed by atoms with Crippen LogP contribution in [0.25, 0.3) is 0 Å². The Kier molecular flexibility index (Phi) is 4.61. The standard InChI is InChI=1S/C15H23NO2/c1-11(2)17-8-9-18-13-5-6-14-12(10-13)4-7-15(14)16-3/h5-6,10-11,15-16H,4,7-9H2,1-3H3. The molecule has 0 heterocycles. The van der Waals surface area contributed by atoms with E-state index < -0.39 is 0 Å². The topological polar surface area (TPSA) is 30.5 Å². The van der Waals surface area contributed by atoms with Gasteiger partial charge in [0.25, 0.3) is 0 Å². The highest BCUT2D eigenvalue weighted by atomic mass is 16.5. The minimum Gasteiger partial charge on any atom is -0.491 e. The van der Waals surface area contributed by atoms with E-state index in [2.05, 4.69) is 23.5 Å². The smallest absolute Gasteiger partial charge is 0.119 e. The van der Waals surface area contributed by atoms with Crippen LogP contribution in [0.4, 0.5) is 0 Å². The Morgan fingerprint density at radius 2 is 2.17 bits per heavy atom. The number of rotatable bonds is 6. The number of fused-ring (bicyclic) bond motifs is 1. The van der Waals surface area contributed by atoms with Gasteiger partial charge in [0.05, 0.1) is 12.7 Å². The second-order valence-corrected chi connectivity index (χ2v) is 5.01. The molecule has 0 aliphatic heterocycles. The molecule has 0 aromatic heterocycles. The monoisotopic (exact) mass is 249 g/mol. The maximum absolute atomic E-state index is 5.71. The van der Waals surface area contributed by atoms with E-state index in [0.29, 0.717) is 19.3 Å². The number of aryl methyl sites for hydroxylation is 1. The second kappa shape index (κ2) is 6.21. The van der Waals surface area contributed by atoms with Gasteiger partial charge < -0.3 is 14.8 Å². The molecule has 1 aliphatic carbocycles. The number of nitrogens with one attached hydrogen (secondary N) is 1. The van der Waals surface area contributed by atoms with Gasteiger partial charge in [0.2, 0.25) is 0 Å². The first-order valence-corrected chi connectivity index (χ1v) is 6.75. The molecule has 3 nitrogen and oxygen atoms in total. The first kappa shape index (κ1) is 13.4. The summed E-state index contributed by atoms with van der Waals surface area (Å²) in [7, 11) is 2.02. The van der Waals surface area contributed by atoms with Crippen molar-refractivity contribution in [3.05, 3.63) is 29.3 Å². The zero-order valence-electron chi connectivity index (χ0n) is 11.5. The lowest BCUT2D eigenvalue weighted by Crippen LogP contribution is -2.13. The Morgan fingerprint density at radius 1 is 1.33 bits per heavy atom. The average molecular weight is 249 g/mol. The molecule has 1 atom stereocenters. The van der Waals surface area contributed by atoms with Crippen molar-refractivity contribution in [2.24, 2.45) is 0 Å². The van der Waals surface area contributed by atoms with Crippen LogP contribution in [0.5, 0.6) is 5.75 Å². The van der Waals surface area contributed by atoms with Gasteiger partial charge in [-0.25, -0.2) is 0 Å². The van der Waals surface area contributed by atoms with Crippen LogP contribution in [0.3, 0.4) is 0 Å². The fraction of sp³-hybridized carbons (Fsp3) is 0.600. The van der Waals surface area contributed by atoms with E-state index in [0.717, 1.165) is 12.2 Å². The van der Waals surface area contributed by atoms with Crippen LogP contribution in [0.2, 0.25) is 0 Å². The minimum absolute atomic E-state index is 0.269. The highest BCUT2D eigenvalue weighted by Crippen LogP contribution is 2.33. The zero-order chi connectivity index (χ0) is 13.0. The van der Waals surface area contributed by atoms with Crippen LogP contribution in [0, 0.1) is 0 Å². The minimum atomic E-state index is 0.269. The Hall–Kier alpha value is -1.06. The predicted octanol–water partition coefficient (Wildman–Crippen LogP) is 2.70. The summed E-state index contributed by atoms with van der Waals surface area (Å²) in [5.41, 5.74) is 2.83. The fourth-order valence-electron chi connectivity index (χ4n) is 2.43. The molecule has 0 fully saturated rings. The molecule has 0 bridgehead atoms. The van der Waals surface area contributed by atoms with E-state index in [9.17, 15) is 0 Å². The third kappa shape index (κ3) is 3.24. The lowest BCUT2D eigenvalue weighted by Gasteiger charge is -2.12. The van der Waals surface area contributed by atoms with Gasteiger partial charge in [-0.3, -0.25) is 0 Å². The Labute approximate surface area is 109 Å². The predicted molar refractivity (Wildman–Crippen MR) is 73.1 cm³/mol. The highest BCUT2D eigenvalue weighted by Gasteiger charge is 2.20. The van der Waals surface area contributed by atoms with E-state index in [4.69, 9.17) is 9.47 Å². The van der Waals surface area contributed by atoms with Crippen LogP contribution >= 0.6 is 0 Å². The molecule has 100 valence electrons. The SMILES string of the molecule is CNC1CCc2cc(OCCOC(C)C)ccc21. The van der Waals surface area contributed by atoms with E-state index in [1.54, 1.807) is 0 Å².